The summed E-state index contributed by atoms with van der Waals surface area (Å²) in [4.78, 5) is 0. The molecule has 0 heterocycles. The van der Waals surface area contributed by atoms with Crippen molar-refractivity contribution in [2.75, 3.05) is 0 Å². The van der Waals surface area contributed by atoms with Crippen LogP contribution < -0.4 is 0 Å². The van der Waals surface area contributed by atoms with Gasteiger partial charge in [-0.3, -0.25) is 0 Å². The second-order valence-corrected chi connectivity index (χ2v) is 4.50. The van der Waals surface area contributed by atoms with Crippen LogP contribution in [0.15, 0.2) is 11.6 Å². The lowest BCUT2D eigenvalue weighted by atomic mass is 9.85. The zero-order chi connectivity index (χ0) is 9.52. The van der Waals surface area contributed by atoms with Gasteiger partial charge in [0.1, 0.15) is 0 Å². The van der Waals surface area contributed by atoms with Crippen molar-refractivity contribution in [2.45, 2.75) is 65.2 Å². The van der Waals surface area contributed by atoms with Crippen LogP contribution in [-0.4, -0.2) is 0 Å². The van der Waals surface area contributed by atoms with Crippen LogP contribution >= 0.6 is 0 Å². The molecule has 0 saturated heterocycles. The molecule has 0 aromatic rings. The molecule has 1 aliphatic rings. The van der Waals surface area contributed by atoms with Gasteiger partial charge in [0.05, 0.1) is 0 Å². The molecular weight excluding hydrogens is 156 g/mol. The van der Waals surface area contributed by atoms with Crippen LogP contribution in [0.25, 0.3) is 0 Å². The Morgan fingerprint density at radius 3 is 2.54 bits per heavy atom. The van der Waals surface area contributed by atoms with Crippen LogP contribution in [0.1, 0.15) is 65.2 Å². The topological polar surface area (TPSA) is 0 Å². The predicted molar refractivity (Wildman–Crippen MR) is 59.9 cm³/mol. The van der Waals surface area contributed by atoms with Gasteiger partial charge in [0, 0.05) is 0 Å². The Kier molecular flexibility index (Phi) is 5.19. The van der Waals surface area contributed by atoms with Crippen LogP contribution in [0.5, 0.6) is 0 Å². The zero-order valence-electron chi connectivity index (χ0n) is 9.31. The van der Waals surface area contributed by atoms with Gasteiger partial charge < -0.3 is 0 Å². The average Bonchev–Trinajstić information content (AvgIpc) is 2.17. The normalized spacial score (nSPS) is 20.6. The quantitative estimate of drug-likeness (QED) is 0.550. The van der Waals surface area contributed by atoms with E-state index >= 15 is 0 Å². The molecule has 0 atom stereocenters. The van der Waals surface area contributed by atoms with Crippen molar-refractivity contribution in [2.24, 2.45) is 5.92 Å². The molecular formula is C13H24. The summed E-state index contributed by atoms with van der Waals surface area (Å²) in [7, 11) is 0. The highest BCUT2D eigenvalue weighted by Crippen LogP contribution is 2.28. The first-order valence-corrected chi connectivity index (χ1v) is 5.98. The van der Waals surface area contributed by atoms with Gasteiger partial charge in [-0.15, -0.1) is 0 Å². The molecule has 0 nitrogen and oxygen atoms in total. The minimum absolute atomic E-state index is 1.05. The molecule has 0 aromatic heterocycles. The van der Waals surface area contributed by atoms with Gasteiger partial charge in [0.15, 0.2) is 0 Å². The maximum Gasteiger partial charge on any atom is -0.0320 e. The lowest BCUT2D eigenvalue weighted by molar-refractivity contribution is 0.339. The van der Waals surface area contributed by atoms with Gasteiger partial charge in [-0.2, -0.15) is 0 Å². The van der Waals surface area contributed by atoms with Crippen molar-refractivity contribution in [1.29, 1.82) is 0 Å². The van der Waals surface area contributed by atoms with E-state index in [2.05, 4.69) is 19.9 Å². The molecule has 0 aromatic carbocycles. The first-order chi connectivity index (χ1) is 6.33. The molecule has 0 aliphatic heterocycles. The summed E-state index contributed by atoms with van der Waals surface area (Å²) in [6, 6.07) is 0. The fraction of sp³-hybridized carbons (Fsp3) is 0.846. The number of allylic oxidation sites excluding steroid dienone is 2. The summed E-state index contributed by atoms with van der Waals surface area (Å²) in [5, 5.41) is 0. The summed E-state index contributed by atoms with van der Waals surface area (Å²) in [6.45, 7) is 4.51. The smallest absolute Gasteiger partial charge is 0.0320 e. The molecule has 0 amide bonds. The molecule has 0 spiro atoms. The lowest BCUT2D eigenvalue weighted by Crippen LogP contribution is -2.05. The van der Waals surface area contributed by atoms with Gasteiger partial charge in [-0.05, 0) is 32.1 Å². The molecule has 0 heteroatoms. The Labute approximate surface area is 83.4 Å². The van der Waals surface area contributed by atoms with Crippen molar-refractivity contribution in [1.82, 2.24) is 0 Å². The molecule has 0 radical (unpaired) electrons. The third kappa shape index (κ3) is 4.50. The van der Waals surface area contributed by atoms with Crippen molar-refractivity contribution < 1.29 is 0 Å². The highest BCUT2D eigenvalue weighted by molar-refractivity contribution is 4.97. The van der Waals surface area contributed by atoms with E-state index in [0.717, 1.165) is 5.92 Å². The Balaban J connectivity index is 2.13. The van der Waals surface area contributed by atoms with Gasteiger partial charge in [-0.25, -0.2) is 0 Å². The van der Waals surface area contributed by atoms with E-state index < -0.39 is 0 Å². The average molecular weight is 180 g/mol. The van der Waals surface area contributed by atoms with Gasteiger partial charge in [-0.1, -0.05) is 50.7 Å². The van der Waals surface area contributed by atoms with E-state index in [9.17, 15) is 0 Å². The number of rotatable bonds is 4. The van der Waals surface area contributed by atoms with Crippen molar-refractivity contribution in [3.05, 3.63) is 11.6 Å². The molecule has 76 valence electrons. The molecule has 1 saturated carbocycles. The highest BCUT2D eigenvalue weighted by Gasteiger charge is 2.12. The summed E-state index contributed by atoms with van der Waals surface area (Å²) in [6.07, 6.45) is 13.8. The zero-order valence-corrected chi connectivity index (χ0v) is 9.31. The molecule has 1 fully saturated rings. The summed E-state index contributed by atoms with van der Waals surface area (Å²) in [5.74, 6) is 1.05. The maximum atomic E-state index is 2.38. The van der Waals surface area contributed by atoms with Gasteiger partial charge >= 0.3 is 0 Å². The molecule has 1 rings (SSSR count). The third-order valence-corrected chi connectivity index (χ3v) is 3.22. The molecule has 1 aliphatic carbocycles. The van der Waals surface area contributed by atoms with E-state index in [1.165, 1.54) is 51.4 Å². The third-order valence-electron chi connectivity index (χ3n) is 3.22. The van der Waals surface area contributed by atoms with E-state index in [-0.39, 0.29) is 0 Å². The SMILES string of the molecule is CC/C=C(\C)CCC1CCCCC1. The highest BCUT2D eigenvalue weighted by atomic mass is 14.2. The Morgan fingerprint density at radius 2 is 1.92 bits per heavy atom. The summed E-state index contributed by atoms with van der Waals surface area (Å²) >= 11 is 0. The standard InChI is InChI=1S/C13H24/c1-3-7-12(2)10-11-13-8-5-4-6-9-13/h7,13H,3-6,8-11H2,1-2H3/b12-7+. The summed E-state index contributed by atoms with van der Waals surface area (Å²) in [5.41, 5.74) is 1.60. The first kappa shape index (κ1) is 10.8. The Hall–Kier alpha value is -0.260. The predicted octanol–water partition coefficient (Wildman–Crippen LogP) is 4.70. The van der Waals surface area contributed by atoms with Crippen LogP contribution in [0, 0.1) is 5.92 Å². The molecule has 0 bridgehead atoms. The van der Waals surface area contributed by atoms with Crippen molar-refractivity contribution >= 4 is 0 Å². The monoisotopic (exact) mass is 180 g/mol. The van der Waals surface area contributed by atoms with Gasteiger partial charge in [0.25, 0.3) is 0 Å². The second kappa shape index (κ2) is 6.23. The largest absolute Gasteiger partial charge is 0.0859 e. The van der Waals surface area contributed by atoms with Crippen molar-refractivity contribution in [3.63, 3.8) is 0 Å². The van der Waals surface area contributed by atoms with Crippen molar-refractivity contribution in [3.8, 4) is 0 Å². The lowest BCUT2D eigenvalue weighted by Gasteiger charge is -2.21. The van der Waals surface area contributed by atoms with Gasteiger partial charge in [0.2, 0.25) is 0 Å². The minimum atomic E-state index is 1.05. The van der Waals surface area contributed by atoms with Crippen LogP contribution in [0.3, 0.4) is 0 Å². The van der Waals surface area contributed by atoms with Crippen LogP contribution in [0.4, 0.5) is 0 Å². The van der Waals surface area contributed by atoms with E-state index in [0.29, 0.717) is 0 Å². The fourth-order valence-corrected chi connectivity index (χ4v) is 2.36. The molecule has 0 N–H and O–H groups in total. The fourth-order valence-electron chi connectivity index (χ4n) is 2.36. The van der Waals surface area contributed by atoms with Crippen LogP contribution in [-0.2, 0) is 0 Å². The van der Waals surface area contributed by atoms with E-state index in [4.69, 9.17) is 0 Å². The Bertz CT molecular complexity index is 149. The molecule has 13 heavy (non-hydrogen) atoms. The van der Waals surface area contributed by atoms with E-state index in [1.807, 2.05) is 0 Å². The summed E-state index contributed by atoms with van der Waals surface area (Å²) < 4.78 is 0. The number of hydrogen-bond donors (Lipinski definition) is 0. The molecule has 0 unspecified atom stereocenters. The number of hydrogen-bond acceptors (Lipinski definition) is 0. The minimum Gasteiger partial charge on any atom is -0.0859 e. The maximum absolute atomic E-state index is 2.38. The second-order valence-electron chi connectivity index (χ2n) is 4.50. The van der Waals surface area contributed by atoms with Crippen LogP contribution in [0.2, 0.25) is 0 Å². The van der Waals surface area contributed by atoms with E-state index in [1.54, 1.807) is 5.57 Å². The first-order valence-electron chi connectivity index (χ1n) is 5.98. The Morgan fingerprint density at radius 1 is 1.23 bits per heavy atom.